The van der Waals surface area contributed by atoms with Gasteiger partial charge in [0, 0.05) is 6.08 Å². The maximum Gasteiger partial charge on any atom is 0.131 e. The summed E-state index contributed by atoms with van der Waals surface area (Å²) in [5, 5.41) is 3.90. The van der Waals surface area contributed by atoms with E-state index in [-0.39, 0.29) is 0 Å². The molecule has 0 atom stereocenters. The summed E-state index contributed by atoms with van der Waals surface area (Å²) < 4.78 is 3.02. The van der Waals surface area contributed by atoms with Gasteiger partial charge in [0.25, 0.3) is 0 Å². The van der Waals surface area contributed by atoms with Gasteiger partial charge in [-0.25, -0.2) is 0 Å². The van der Waals surface area contributed by atoms with Crippen LogP contribution < -0.4 is 5.43 Å². The second-order valence-electron chi connectivity index (χ2n) is 1.29. The molecule has 0 fully saturated rings. The van der Waals surface area contributed by atoms with Gasteiger partial charge in [0.15, 0.2) is 0 Å². The van der Waals surface area contributed by atoms with Gasteiger partial charge in [-0.3, -0.25) is 5.43 Å². The van der Waals surface area contributed by atoms with Crippen molar-refractivity contribution in [1.82, 2.24) is 9.57 Å². The van der Waals surface area contributed by atoms with Crippen molar-refractivity contribution in [3.8, 4) is 0 Å². The van der Waals surface area contributed by atoms with Crippen molar-refractivity contribution in [2.24, 2.45) is 5.10 Å². The van der Waals surface area contributed by atoms with E-state index in [1.54, 1.807) is 6.08 Å². The van der Waals surface area contributed by atoms with Gasteiger partial charge in [0.2, 0.25) is 0 Å². The van der Waals surface area contributed by atoms with Crippen LogP contribution >= 0.6 is 48.0 Å². The smallest absolute Gasteiger partial charge is 0.131 e. The molecule has 0 aromatic carbocycles. The third kappa shape index (κ3) is 2.27. The van der Waals surface area contributed by atoms with Crippen molar-refractivity contribution in [2.45, 2.75) is 0 Å². The first-order valence-electron chi connectivity index (χ1n) is 2.02. The molecule has 1 heterocycles. The van der Waals surface area contributed by atoms with E-state index in [1.165, 1.54) is 4.14 Å². The number of rotatable bonds is 0. The van der Waals surface area contributed by atoms with Crippen LogP contribution in [0, 0.1) is 0 Å². The van der Waals surface area contributed by atoms with Crippen molar-refractivity contribution in [3.63, 3.8) is 0 Å². The fourth-order valence-corrected chi connectivity index (χ4v) is 2.25. The van der Waals surface area contributed by atoms with Crippen molar-refractivity contribution < 1.29 is 0 Å². The van der Waals surface area contributed by atoms with E-state index in [9.17, 15) is 0 Å². The first-order valence-corrected chi connectivity index (χ1v) is 4.32. The monoisotopic (exact) mass is 317 g/mol. The number of allylic oxidation sites excluding steroid dienone is 1. The standard InChI is InChI=1S/C3H2Br3N3/c4-2-1-3(5)8-9(6)7-2/h1,7H. The molecule has 0 saturated heterocycles. The number of hydrazine groups is 1. The van der Waals surface area contributed by atoms with E-state index in [2.05, 4.69) is 58.5 Å². The number of hydrogen-bond donors (Lipinski definition) is 1. The minimum atomic E-state index is 0.755. The summed E-state index contributed by atoms with van der Waals surface area (Å²) in [6.07, 6.45) is 1.80. The van der Waals surface area contributed by atoms with Crippen molar-refractivity contribution in [1.29, 1.82) is 0 Å². The average molecular weight is 320 g/mol. The predicted octanol–water partition coefficient (Wildman–Crippen LogP) is 2.06. The zero-order valence-electron chi connectivity index (χ0n) is 4.11. The van der Waals surface area contributed by atoms with Crippen LogP contribution in [0.25, 0.3) is 0 Å². The molecular weight excluding hydrogens is 318 g/mol. The maximum atomic E-state index is 3.90. The molecule has 1 N–H and O–H groups in total. The van der Waals surface area contributed by atoms with Gasteiger partial charge >= 0.3 is 0 Å². The topological polar surface area (TPSA) is 27.6 Å². The molecule has 1 rings (SSSR count). The third-order valence-corrected chi connectivity index (χ3v) is 1.76. The summed E-state index contributed by atoms with van der Waals surface area (Å²) in [6, 6.07) is 0. The number of nitrogens with one attached hydrogen (secondary N) is 1. The van der Waals surface area contributed by atoms with Crippen LogP contribution in [-0.4, -0.2) is 8.76 Å². The van der Waals surface area contributed by atoms with E-state index in [0.717, 1.165) is 9.23 Å². The van der Waals surface area contributed by atoms with E-state index >= 15 is 0 Å². The Morgan fingerprint density at radius 1 is 1.56 bits per heavy atom. The van der Waals surface area contributed by atoms with Crippen LogP contribution in [0.1, 0.15) is 0 Å². The number of hydrazone groups is 1. The van der Waals surface area contributed by atoms with Crippen molar-refractivity contribution in [3.05, 3.63) is 10.7 Å². The molecule has 0 spiro atoms. The number of hydrogen-bond acceptors (Lipinski definition) is 3. The molecule has 1 aliphatic rings. The zero-order valence-corrected chi connectivity index (χ0v) is 8.86. The summed E-state index contributed by atoms with van der Waals surface area (Å²) in [4.78, 5) is 0. The Balaban J connectivity index is 2.74. The Kier molecular flexibility index (Phi) is 2.54. The number of nitrogens with zero attached hydrogens (tertiary/aromatic N) is 2. The minimum Gasteiger partial charge on any atom is -0.265 e. The first-order chi connectivity index (χ1) is 4.18. The highest BCUT2D eigenvalue weighted by molar-refractivity contribution is 9.18. The van der Waals surface area contributed by atoms with E-state index in [0.29, 0.717) is 0 Å². The molecule has 6 heteroatoms. The van der Waals surface area contributed by atoms with E-state index < -0.39 is 0 Å². The fraction of sp³-hybridized carbons (Fsp3) is 0. The normalized spacial score (nSPS) is 18.3. The lowest BCUT2D eigenvalue weighted by molar-refractivity contribution is 0.444. The Labute approximate surface area is 77.7 Å². The van der Waals surface area contributed by atoms with Crippen LogP contribution in [-0.2, 0) is 0 Å². The highest BCUT2D eigenvalue weighted by atomic mass is 79.9. The lowest BCUT2D eigenvalue weighted by atomic mass is 10.6. The highest BCUT2D eigenvalue weighted by Gasteiger charge is 2.04. The lowest BCUT2D eigenvalue weighted by Crippen LogP contribution is -2.25. The molecule has 0 bridgehead atoms. The van der Waals surface area contributed by atoms with Crippen LogP contribution in [0.3, 0.4) is 0 Å². The Bertz CT molecular complexity index is 175. The summed E-state index contributed by atoms with van der Waals surface area (Å²) in [5.41, 5.74) is 2.82. The van der Waals surface area contributed by atoms with Crippen molar-refractivity contribution >= 4 is 52.6 Å². The van der Waals surface area contributed by atoms with Crippen LogP contribution in [0.15, 0.2) is 15.8 Å². The third-order valence-electron chi connectivity index (χ3n) is 0.628. The van der Waals surface area contributed by atoms with Gasteiger partial charge in [-0.15, -0.1) is 9.25 Å². The SMILES string of the molecule is BrC1=CC(Br)=NN(Br)N1. The molecule has 0 aromatic rings. The molecule has 0 radical (unpaired) electrons. The van der Waals surface area contributed by atoms with Gasteiger partial charge in [0.05, 0.1) is 16.1 Å². The van der Waals surface area contributed by atoms with Gasteiger partial charge in [0.1, 0.15) is 9.23 Å². The molecule has 0 saturated carbocycles. The molecule has 3 nitrogen and oxygen atoms in total. The van der Waals surface area contributed by atoms with E-state index in [4.69, 9.17) is 0 Å². The second kappa shape index (κ2) is 3.03. The molecule has 9 heavy (non-hydrogen) atoms. The fourth-order valence-electron chi connectivity index (χ4n) is 0.363. The van der Waals surface area contributed by atoms with Gasteiger partial charge in [-0.1, -0.05) is 0 Å². The summed E-state index contributed by atoms with van der Waals surface area (Å²) in [6.45, 7) is 0. The summed E-state index contributed by atoms with van der Waals surface area (Å²) in [7, 11) is 0. The predicted molar refractivity (Wildman–Crippen MR) is 47.3 cm³/mol. The maximum absolute atomic E-state index is 3.90. The summed E-state index contributed by atoms with van der Waals surface area (Å²) >= 11 is 9.54. The first kappa shape index (κ1) is 7.56. The van der Waals surface area contributed by atoms with Gasteiger partial charge in [-0.05, 0) is 31.9 Å². The Morgan fingerprint density at radius 2 is 2.22 bits per heavy atom. The molecule has 0 aliphatic carbocycles. The minimum absolute atomic E-state index is 0.755. The highest BCUT2D eigenvalue weighted by Crippen LogP contribution is 2.12. The quantitative estimate of drug-likeness (QED) is 0.547. The molecule has 50 valence electrons. The van der Waals surface area contributed by atoms with Crippen LogP contribution in [0.5, 0.6) is 0 Å². The Hall–Kier alpha value is 0.450. The zero-order chi connectivity index (χ0) is 6.85. The van der Waals surface area contributed by atoms with Crippen LogP contribution in [0.2, 0.25) is 0 Å². The largest absolute Gasteiger partial charge is 0.265 e. The van der Waals surface area contributed by atoms with Crippen molar-refractivity contribution in [2.75, 3.05) is 0 Å². The molecule has 0 unspecified atom stereocenters. The lowest BCUT2D eigenvalue weighted by Gasteiger charge is -2.15. The average Bonchev–Trinajstić information content (AvgIpc) is 1.59. The molecule has 1 aliphatic heterocycles. The van der Waals surface area contributed by atoms with Gasteiger partial charge < -0.3 is 0 Å². The Morgan fingerprint density at radius 3 is 2.67 bits per heavy atom. The summed E-state index contributed by atoms with van der Waals surface area (Å²) in [5.74, 6) is 0. The second-order valence-corrected chi connectivity index (χ2v) is 3.63. The molecule has 0 amide bonds. The molecule has 0 aromatic heterocycles. The number of halogens is 3. The van der Waals surface area contributed by atoms with Gasteiger partial charge in [-0.2, -0.15) is 0 Å². The molecular formula is C3H2Br3N3. The van der Waals surface area contributed by atoms with Crippen LogP contribution in [0.4, 0.5) is 0 Å². The van der Waals surface area contributed by atoms with E-state index in [1.807, 2.05) is 0 Å².